The third-order valence-corrected chi connectivity index (χ3v) is 8.08. The molecular formula is C33H36N2O4. The molecule has 1 aliphatic heterocycles. The third kappa shape index (κ3) is 5.60. The number of amides is 2. The number of fused-ring (bicyclic) bond motifs is 1. The Bertz CT molecular complexity index is 1360. The topological polar surface area (TPSA) is 75.7 Å². The van der Waals surface area contributed by atoms with Crippen molar-refractivity contribution in [3.8, 4) is 11.1 Å². The van der Waals surface area contributed by atoms with E-state index in [1.54, 1.807) is 4.90 Å². The molecule has 1 N–H and O–H groups in total. The molecule has 2 aliphatic rings. The van der Waals surface area contributed by atoms with Crippen LogP contribution in [0.3, 0.4) is 0 Å². The molecule has 0 spiro atoms. The summed E-state index contributed by atoms with van der Waals surface area (Å²) in [6.45, 7) is 4.21. The summed E-state index contributed by atoms with van der Waals surface area (Å²) in [6.07, 6.45) is 6.38. The Morgan fingerprint density at radius 2 is 1.56 bits per heavy atom. The minimum Gasteiger partial charge on any atom is -0.467 e. The van der Waals surface area contributed by atoms with E-state index < -0.39 is 12.0 Å². The Labute approximate surface area is 230 Å². The summed E-state index contributed by atoms with van der Waals surface area (Å²) in [5, 5.41) is 2.99. The van der Waals surface area contributed by atoms with E-state index in [9.17, 15) is 14.4 Å². The van der Waals surface area contributed by atoms with Gasteiger partial charge in [0.2, 0.25) is 0 Å². The van der Waals surface area contributed by atoms with Crippen molar-refractivity contribution in [1.82, 2.24) is 4.90 Å². The molecule has 0 radical (unpaired) electrons. The zero-order valence-electron chi connectivity index (χ0n) is 22.9. The maximum absolute atomic E-state index is 13.2. The Hall–Kier alpha value is -3.93. The van der Waals surface area contributed by atoms with Crippen LogP contribution < -0.4 is 5.32 Å². The normalized spacial score (nSPS) is 16.2. The molecule has 3 aromatic carbocycles. The van der Waals surface area contributed by atoms with E-state index >= 15 is 0 Å². The first-order valence-corrected chi connectivity index (χ1v) is 13.9. The summed E-state index contributed by atoms with van der Waals surface area (Å²) in [5.41, 5.74) is 6.03. The van der Waals surface area contributed by atoms with E-state index in [0.29, 0.717) is 29.3 Å². The number of hydrogen-bond acceptors (Lipinski definition) is 4. The predicted molar refractivity (Wildman–Crippen MR) is 153 cm³/mol. The minimum absolute atomic E-state index is 0.0623. The summed E-state index contributed by atoms with van der Waals surface area (Å²) in [7, 11) is 1.35. The Kier molecular flexibility index (Phi) is 7.82. The highest BCUT2D eigenvalue weighted by Gasteiger charge is 2.38. The standard InChI is InChI=1S/C33H36N2O4/c1-21(2)30(33(38)39-3)35-20-27-14-13-26(19-29(27)32(35)37)24-15-17-28(18-16-24)34-31(36)25-11-9-23(10-12-25)22-7-5-4-6-8-22/h9-19,21-22,30H,4-8,20H2,1-3H3,(H,34,36). The number of rotatable bonds is 7. The van der Waals surface area contributed by atoms with Gasteiger partial charge in [0.15, 0.2) is 0 Å². The van der Waals surface area contributed by atoms with Crippen molar-refractivity contribution < 1.29 is 19.1 Å². The Morgan fingerprint density at radius 1 is 0.897 bits per heavy atom. The molecule has 3 aromatic rings. The van der Waals surface area contributed by atoms with Gasteiger partial charge in [0.25, 0.3) is 11.8 Å². The first kappa shape index (κ1) is 26.7. The highest BCUT2D eigenvalue weighted by Crippen LogP contribution is 2.33. The molecule has 1 aliphatic carbocycles. The quantitative estimate of drug-likeness (QED) is 0.345. The third-order valence-electron chi connectivity index (χ3n) is 8.08. The van der Waals surface area contributed by atoms with Crippen LogP contribution in [-0.2, 0) is 16.1 Å². The van der Waals surface area contributed by atoms with Crippen molar-refractivity contribution in [2.24, 2.45) is 5.92 Å². The lowest BCUT2D eigenvalue weighted by molar-refractivity contribution is -0.147. The van der Waals surface area contributed by atoms with Gasteiger partial charge in [0.05, 0.1) is 7.11 Å². The summed E-state index contributed by atoms with van der Waals surface area (Å²) in [5.74, 6) is -0.136. The largest absolute Gasteiger partial charge is 0.467 e. The molecule has 2 amide bonds. The summed E-state index contributed by atoms with van der Waals surface area (Å²) in [4.78, 5) is 40.0. The van der Waals surface area contributed by atoms with Gasteiger partial charge in [-0.2, -0.15) is 0 Å². The van der Waals surface area contributed by atoms with Crippen LogP contribution >= 0.6 is 0 Å². The van der Waals surface area contributed by atoms with Crippen molar-refractivity contribution in [3.63, 3.8) is 0 Å². The van der Waals surface area contributed by atoms with E-state index in [-0.39, 0.29) is 17.7 Å². The van der Waals surface area contributed by atoms with E-state index in [4.69, 9.17) is 4.74 Å². The predicted octanol–water partition coefficient (Wildman–Crippen LogP) is 6.81. The number of anilines is 1. The van der Waals surface area contributed by atoms with Crippen molar-refractivity contribution in [2.75, 3.05) is 12.4 Å². The maximum Gasteiger partial charge on any atom is 0.328 e. The van der Waals surface area contributed by atoms with Crippen molar-refractivity contribution in [3.05, 3.63) is 89.0 Å². The van der Waals surface area contributed by atoms with Crippen molar-refractivity contribution >= 4 is 23.5 Å². The first-order chi connectivity index (χ1) is 18.9. The fourth-order valence-corrected chi connectivity index (χ4v) is 5.90. The lowest BCUT2D eigenvalue weighted by atomic mass is 9.84. The molecule has 0 saturated heterocycles. The van der Waals surface area contributed by atoms with E-state index in [1.165, 1.54) is 44.8 Å². The number of carbonyl (C=O) groups excluding carboxylic acids is 3. The van der Waals surface area contributed by atoms with Gasteiger partial charge in [-0.25, -0.2) is 4.79 Å². The average molecular weight is 525 g/mol. The monoisotopic (exact) mass is 524 g/mol. The molecule has 6 heteroatoms. The molecule has 39 heavy (non-hydrogen) atoms. The van der Waals surface area contributed by atoms with Gasteiger partial charge in [0, 0.05) is 23.4 Å². The van der Waals surface area contributed by atoms with Crippen LogP contribution in [0.25, 0.3) is 11.1 Å². The summed E-state index contributed by atoms with van der Waals surface area (Å²) in [6, 6.07) is 20.8. The van der Waals surface area contributed by atoms with Gasteiger partial charge >= 0.3 is 5.97 Å². The van der Waals surface area contributed by atoms with E-state index in [0.717, 1.165) is 16.7 Å². The number of nitrogens with zero attached hydrogens (tertiary/aromatic N) is 1. The highest BCUT2D eigenvalue weighted by atomic mass is 16.5. The second kappa shape index (κ2) is 11.4. The molecule has 0 aromatic heterocycles. The minimum atomic E-state index is -0.621. The van der Waals surface area contributed by atoms with Crippen LogP contribution in [0.4, 0.5) is 5.69 Å². The number of benzene rings is 3. The molecule has 202 valence electrons. The van der Waals surface area contributed by atoms with E-state index in [1.807, 2.05) is 68.4 Å². The lowest BCUT2D eigenvalue weighted by Crippen LogP contribution is -2.45. The molecule has 1 atom stereocenters. The van der Waals surface area contributed by atoms with Crippen LogP contribution in [0, 0.1) is 5.92 Å². The fraction of sp³-hybridized carbons (Fsp3) is 0.364. The molecule has 1 unspecified atom stereocenters. The average Bonchev–Trinajstić information content (AvgIpc) is 3.28. The zero-order valence-corrected chi connectivity index (χ0v) is 22.9. The zero-order chi connectivity index (χ0) is 27.5. The Morgan fingerprint density at radius 3 is 2.21 bits per heavy atom. The molecular weight excluding hydrogens is 488 g/mol. The summed E-state index contributed by atoms with van der Waals surface area (Å²) < 4.78 is 4.96. The lowest BCUT2D eigenvalue weighted by Gasteiger charge is -2.28. The number of carbonyl (C=O) groups is 3. The molecule has 1 fully saturated rings. The first-order valence-electron chi connectivity index (χ1n) is 13.9. The second-order valence-electron chi connectivity index (χ2n) is 11.0. The van der Waals surface area contributed by atoms with Crippen LogP contribution in [0.15, 0.2) is 66.7 Å². The SMILES string of the molecule is COC(=O)C(C(C)C)N1Cc2ccc(-c3ccc(NC(=O)c4ccc(C5CCCCC5)cc4)cc3)cc2C1=O. The van der Waals surface area contributed by atoms with Gasteiger partial charge in [-0.05, 0) is 77.3 Å². The van der Waals surface area contributed by atoms with Gasteiger partial charge in [-0.15, -0.1) is 0 Å². The van der Waals surface area contributed by atoms with Crippen LogP contribution in [0.2, 0.25) is 0 Å². The number of methoxy groups -OCH3 is 1. The number of hydrogen-bond donors (Lipinski definition) is 1. The van der Waals surface area contributed by atoms with Gasteiger partial charge in [-0.1, -0.05) is 69.5 Å². The molecule has 5 rings (SSSR count). The Balaban J connectivity index is 1.26. The number of ether oxygens (including phenoxy) is 1. The number of esters is 1. The molecule has 6 nitrogen and oxygen atoms in total. The van der Waals surface area contributed by atoms with Gasteiger partial charge in [0.1, 0.15) is 6.04 Å². The molecule has 1 saturated carbocycles. The smallest absolute Gasteiger partial charge is 0.328 e. The summed E-state index contributed by atoms with van der Waals surface area (Å²) >= 11 is 0. The van der Waals surface area contributed by atoms with Gasteiger partial charge in [-0.3, -0.25) is 9.59 Å². The van der Waals surface area contributed by atoms with E-state index in [2.05, 4.69) is 17.4 Å². The number of nitrogens with one attached hydrogen (secondary N) is 1. The van der Waals surface area contributed by atoms with Crippen LogP contribution in [0.1, 0.15) is 83.7 Å². The van der Waals surface area contributed by atoms with Crippen molar-refractivity contribution in [2.45, 2.75) is 64.5 Å². The second-order valence-corrected chi connectivity index (χ2v) is 11.0. The van der Waals surface area contributed by atoms with Crippen LogP contribution in [0.5, 0.6) is 0 Å². The maximum atomic E-state index is 13.2. The van der Waals surface area contributed by atoms with Gasteiger partial charge < -0.3 is 15.0 Å². The fourth-order valence-electron chi connectivity index (χ4n) is 5.90. The molecule has 0 bridgehead atoms. The molecule has 1 heterocycles. The van der Waals surface area contributed by atoms with Crippen LogP contribution in [-0.4, -0.2) is 35.8 Å². The highest BCUT2D eigenvalue weighted by molar-refractivity contribution is 6.04. The van der Waals surface area contributed by atoms with Crippen molar-refractivity contribution in [1.29, 1.82) is 0 Å².